The van der Waals surface area contributed by atoms with Crippen molar-refractivity contribution in [2.75, 3.05) is 5.32 Å². The molecule has 0 atom stereocenters. The fourth-order valence-electron chi connectivity index (χ4n) is 1.32. The molecule has 0 saturated carbocycles. The minimum atomic E-state index is -1.33. The Morgan fingerprint density at radius 2 is 2.07 bits per heavy atom. The summed E-state index contributed by atoms with van der Waals surface area (Å²) in [7, 11) is 0. The second kappa shape index (κ2) is 3.33. The lowest BCUT2D eigenvalue weighted by Crippen LogP contribution is -2.28. The first-order valence-electron chi connectivity index (χ1n) is 4.09. The number of pyridine rings is 1. The van der Waals surface area contributed by atoms with Crippen molar-refractivity contribution in [1.82, 2.24) is 4.98 Å². The van der Waals surface area contributed by atoms with Crippen LogP contribution in [0.4, 0.5) is 10.5 Å². The van der Waals surface area contributed by atoms with Gasteiger partial charge in [-0.1, -0.05) is 18.2 Å². The van der Waals surface area contributed by atoms with Crippen LogP contribution in [-0.2, 0) is 0 Å². The summed E-state index contributed by atoms with van der Waals surface area (Å²) in [5, 5.41) is 13.4. The number of carboxylic acid groups (broad SMARTS) is 1. The molecule has 14 heavy (non-hydrogen) atoms. The number of nitrogens with zero attached hydrogens (tertiary/aromatic N) is 1. The van der Waals surface area contributed by atoms with Crippen molar-refractivity contribution in [1.29, 1.82) is 0 Å². The van der Waals surface area contributed by atoms with E-state index in [0.717, 1.165) is 5.39 Å². The number of carbonyl (C=O) groups is 1. The minimum Gasteiger partial charge on any atom is -0.530 e. The number of rotatable bonds is 1. The molecule has 0 aliphatic heterocycles. The Hall–Kier alpha value is -2.10. The van der Waals surface area contributed by atoms with Crippen molar-refractivity contribution in [3.05, 3.63) is 36.5 Å². The average Bonchev–Trinajstić information content (AvgIpc) is 2.18. The van der Waals surface area contributed by atoms with Crippen LogP contribution in [0, 0.1) is 0 Å². The molecular formula is C10H7N2O2-. The summed E-state index contributed by atoms with van der Waals surface area (Å²) >= 11 is 0. The third-order valence-corrected chi connectivity index (χ3v) is 1.87. The molecule has 4 heteroatoms. The van der Waals surface area contributed by atoms with Crippen molar-refractivity contribution in [2.45, 2.75) is 0 Å². The fourth-order valence-corrected chi connectivity index (χ4v) is 1.32. The van der Waals surface area contributed by atoms with Gasteiger partial charge in [-0.3, -0.25) is 4.98 Å². The van der Waals surface area contributed by atoms with E-state index in [1.807, 2.05) is 12.1 Å². The maximum atomic E-state index is 10.4. The van der Waals surface area contributed by atoms with Gasteiger partial charge in [0.2, 0.25) is 0 Å². The number of carbonyl (C=O) groups excluding carboxylic acids is 1. The maximum absolute atomic E-state index is 10.4. The maximum Gasteiger partial charge on any atom is 0.138 e. The Bertz CT molecular complexity index is 477. The molecule has 1 N–H and O–H groups in total. The number of hydrogen-bond donors (Lipinski definition) is 1. The highest BCUT2D eigenvalue weighted by Crippen LogP contribution is 2.19. The second-order valence-corrected chi connectivity index (χ2v) is 2.79. The van der Waals surface area contributed by atoms with Crippen LogP contribution in [0.25, 0.3) is 10.9 Å². The predicted molar refractivity (Wildman–Crippen MR) is 50.8 cm³/mol. The third kappa shape index (κ3) is 1.50. The summed E-state index contributed by atoms with van der Waals surface area (Å²) < 4.78 is 0. The lowest BCUT2D eigenvalue weighted by atomic mass is 10.2. The molecule has 2 aromatic rings. The van der Waals surface area contributed by atoms with E-state index in [1.165, 1.54) is 0 Å². The van der Waals surface area contributed by atoms with Gasteiger partial charge in [-0.15, -0.1) is 0 Å². The monoisotopic (exact) mass is 187 g/mol. The molecule has 0 aliphatic rings. The van der Waals surface area contributed by atoms with Crippen LogP contribution in [0.3, 0.4) is 0 Å². The highest BCUT2D eigenvalue weighted by atomic mass is 16.4. The lowest BCUT2D eigenvalue weighted by Gasteiger charge is -2.08. The van der Waals surface area contributed by atoms with Gasteiger partial charge in [-0.2, -0.15) is 0 Å². The zero-order valence-electron chi connectivity index (χ0n) is 7.23. The number of para-hydroxylation sites is 1. The van der Waals surface area contributed by atoms with Gasteiger partial charge in [0.05, 0.1) is 11.2 Å². The summed E-state index contributed by atoms with van der Waals surface area (Å²) in [5.41, 5.74) is 1.07. The SMILES string of the molecule is O=C([O-])Nc1cccc2cccnc12. The number of amides is 1. The van der Waals surface area contributed by atoms with E-state index in [4.69, 9.17) is 0 Å². The van der Waals surface area contributed by atoms with Crippen LogP contribution in [-0.4, -0.2) is 11.1 Å². The number of fused-ring (bicyclic) bond motifs is 1. The molecular weight excluding hydrogens is 180 g/mol. The molecule has 0 unspecified atom stereocenters. The molecule has 4 nitrogen and oxygen atoms in total. The van der Waals surface area contributed by atoms with E-state index in [9.17, 15) is 9.90 Å². The van der Waals surface area contributed by atoms with Crippen LogP contribution in [0.15, 0.2) is 36.5 Å². The Morgan fingerprint density at radius 1 is 1.29 bits per heavy atom. The van der Waals surface area contributed by atoms with Gasteiger partial charge < -0.3 is 15.2 Å². The van der Waals surface area contributed by atoms with Crippen LogP contribution in [0.1, 0.15) is 0 Å². The van der Waals surface area contributed by atoms with Gasteiger partial charge in [0.15, 0.2) is 0 Å². The molecule has 0 spiro atoms. The first kappa shape index (κ1) is 8.50. The number of nitrogens with one attached hydrogen (secondary N) is 1. The Kier molecular flexibility index (Phi) is 2.02. The van der Waals surface area contributed by atoms with Gasteiger partial charge in [0.1, 0.15) is 6.09 Å². The van der Waals surface area contributed by atoms with Gasteiger partial charge in [0, 0.05) is 11.6 Å². The third-order valence-electron chi connectivity index (χ3n) is 1.87. The molecule has 0 fully saturated rings. The Morgan fingerprint density at radius 3 is 2.86 bits per heavy atom. The van der Waals surface area contributed by atoms with E-state index in [-0.39, 0.29) is 0 Å². The number of aromatic nitrogens is 1. The van der Waals surface area contributed by atoms with E-state index < -0.39 is 6.09 Å². The van der Waals surface area contributed by atoms with Crippen LogP contribution in [0.2, 0.25) is 0 Å². The smallest absolute Gasteiger partial charge is 0.138 e. The molecule has 1 aromatic carbocycles. The zero-order chi connectivity index (χ0) is 9.97. The molecule has 70 valence electrons. The van der Waals surface area contributed by atoms with Gasteiger partial charge in [-0.05, 0) is 12.1 Å². The number of benzene rings is 1. The van der Waals surface area contributed by atoms with Crippen LogP contribution >= 0.6 is 0 Å². The van der Waals surface area contributed by atoms with Crippen LogP contribution < -0.4 is 10.4 Å². The zero-order valence-corrected chi connectivity index (χ0v) is 7.23. The van der Waals surface area contributed by atoms with E-state index in [0.29, 0.717) is 11.2 Å². The molecule has 1 heterocycles. The molecule has 0 saturated heterocycles. The van der Waals surface area contributed by atoms with E-state index in [1.54, 1.807) is 24.4 Å². The Labute approximate surface area is 80.2 Å². The molecule has 0 radical (unpaired) electrons. The summed E-state index contributed by atoms with van der Waals surface area (Å²) in [5.74, 6) is 0. The number of hydrogen-bond acceptors (Lipinski definition) is 3. The van der Waals surface area contributed by atoms with E-state index in [2.05, 4.69) is 10.3 Å². The summed E-state index contributed by atoms with van der Waals surface area (Å²) in [6, 6.07) is 8.93. The molecule has 0 aliphatic carbocycles. The van der Waals surface area contributed by atoms with Gasteiger partial charge in [-0.25, -0.2) is 0 Å². The first-order chi connectivity index (χ1) is 6.77. The summed E-state index contributed by atoms with van der Waals surface area (Å²) in [4.78, 5) is 14.4. The highest BCUT2D eigenvalue weighted by Gasteiger charge is 1.99. The highest BCUT2D eigenvalue weighted by molar-refractivity contribution is 5.96. The fraction of sp³-hybridized carbons (Fsp3) is 0. The van der Waals surface area contributed by atoms with Crippen molar-refractivity contribution in [3.63, 3.8) is 0 Å². The standard InChI is InChI=1S/C10H8N2O2/c13-10(14)12-8-5-1-3-7-4-2-6-11-9(7)8/h1-6,12H,(H,13,14)/p-1. The van der Waals surface area contributed by atoms with Gasteiger partial charge >= 0.3 is 0 Å². The normalized spacial score (nSPS) is 10.0. The Balaban J connectivity index is 2.59. The van der Waals surface area contributed by atoms with Crippen LogP contribution in [0.5, 0.6) is 0 Å². The molecule has 1 aromatic heterocycles. The molecule has 2 rings (SSSR count). The van der Waals surface area contributed by atoms with Crippen molar-refractivity contribution in [3.8, 4) is 0 Å². The van der Waals surface area contributed by atoms with E-state index >= 15 is 0 Å². The van der Waals surface area contributed by atoms with Gasteiger partial charge in [0.25, 0.3) is 0 Å². The minimum absolute atomic E-state index is 0.447. The summed E-state index contributed by atoms with van der Waals surface area (Å²) in [6.07, 6.45) is 0.283. The lowest BCUT2D eigenvalue weighted by molar-refractivity contribution is -0.242. The largest absolute Gasteiger partial charge is 0.530 e. The topological polar surface area (TPSA) is 65.0 Å². The van der Waals surface area contributed by atoms with Crippen molar-refractivity contribution in [2.24, 2.45) is 0 Å². The molecule has 0 bridgehead atoms. The molecule has 1 amide bonds. The quantitative estimate of drug-likeness (QED) is 0.724. The number of anilines is 1. The predicted octanol–water partition coefficient (Wildman–Crippen LogP) is 0.990. The first-order valence-corrected chi connectivity index (χ1v) is 4.09. The average molecular weight is 187 g/mol. The van der Waals surface area contributed by atoms with Crippen molar-refractivity contribution < 1.29 is 9.90 Å². The second-order valence-electron chi connectivity index (χ2n) is 2.79. The summed E-state index contributed by atoms with van der Waals surface area (Å²) in [6.45, 7) is 0. The van der Waals surface area contributed by atoms with Crippen molar-refractivity contribution >= 4 is 22.7 Å².